The zero-order valence-electron chi connectivity index (χ0n) is 19.3. The summed E-state index contributed by atoms with van der Waals surface area (Å²) in [6, 6.07) is 24.7. The Morgan fingerprint density at radius 2 is 1.71 bits per heavy atom. The highest BCUT2D eigenvalue weighted by Crippen LogP contribution is 2.24. The number of aromatic amines is 1. The minimum atomic E-state index is -0.0139. The molecule has 7 nitrogen and oxygen atoms in total. The van der Waals surface area contributed by atoms with Crippen molar-refractivity contribution < 1.29 is 4.79 Å². The molecule has 4 heterocycles. The molecule has 0 atom stereocenters. The number of amides is 1. The van der Waals surface area contributed by atoms with E-state index in [1.165, 1.54) is 5.56 Å². The minimum absolute atomic E-state index is 0.0139. The van der Waals surface area contributed by atoms with E-state index >= 15 is 0 Å². The maximum atomic E-state index is 13.0. The predicted molar refractivity (Wildman–Crippen MR) is 138 cm³/mol. The van der Waals surface area contributed by atoms with Crippen LogP contribution in [0.4, 0.5) is 0 Å². The minimum Gasteiger partial charge on any atom is -0.335 e. The van der Waals surface area contributed by atoms with Gasteiger partial charge in [-0.05, 0) is 35.2 Å². The van der Waals surface area contributed by atoms with Gasteiger partial charge in [0.05, 0.1) is 28.1 Å². The van der Waals surface area contributed by atoms with E-state index in [0.717, 1.165) is 53.6 Å². The van der Waals surface area contributed by atoms with Gasteiger partial charge in [0.25, 0.3) is 5.91 Å². The number of fused-ring (bicyclic) bond motifs is 1. The maximum Gasteiger partial charge on any atom is 0.274 e. The van der Waals surface area contributed by atoms with Gasteiger partial charge in [-0.3, -0.25) is 14.8 Å². The van der Waals surface area contributed by atoms with Crippen LogP contribution >= 0.6 is 11.3 Å². The number of carbonyl (C=O) groups is 1. The van der Waals surface area contributed by atoms with Gasteiger partial charge in [0.15, 0.2) is 5.69 Å². The second-order valence-electron chi connectivity index (χ2n) is 8.80. The summed E-state index contributed by atoms with van der Waals surface area (Å²) in [6.07, 6.45) is 0. The van der Waals surface area contributed by atoms with Crippen molar-refractivity contribution in [2.24, 2.45) is 0 Å². The molecule has 5 aromatic rings. The van der Waals surface area contributed by atoms with Crippen LogP contribution in [0, 0.1) is 0 Å². The molecule has 1 amide bonds. The van der Waals surface area contributed by atoms with E-state index in [1.54, 1.807) is 11.3 Å². The standard InChI is InChI=1S/C27H26N6OS/c34-27(23-17-22(29-30-23)25-11-6-16-35-25)32-14-12-31(13-15-32)19-26-28-21-9-4-5-10-24(21)33(26)18-20-7-2-1-3-8-20/h1-11,16-17H,12-15,18-19H2,(H,29,30). The summed E-state index contributed by atoms with van der Waals surface area (Å²) < 4.78 is 2.32. The molecule has 0 aliphatic carbocycles. The topological polar surface area (TPSA) is 70.1 Å². The van der Waals surface area contributed by atoms with Crippen molar-refractivity contribution in [3.63, 3.8) is 0 Å². The van der Waals surface area contributed by atoms with E-state index in [9.17, 15) is 4.79 Å². The smallest absolute Gasteiger partial charge is 0.274 e. The van der Waals surface area contributed by atoms with Crippen LogP contribution in [0.2, 0.25) is 0 Å². The third kappa shape index (κ3) is 4.50. The zero-order valence-corrected chi connectivity index (χ0v) is 20.1. The number of rotatable bonds is 6. The second-order valence-corrected chi connectivity index (χ2v) is 9.75. The van der Waals surface area contributed by atoms with Gasteiger partial charge in [0.2, 0.25) is 0 Å². The van der Waals surface area contributed by atoms with E-state index in [0.29, 0.717) is 18.8 Å². The van der Waals surface area contributed by atoms with Crippen LogP contribution in [-0.2, 0) is 13.1 Å². The van der Waals surface area contributed by atoms with Crippen molar-refractivity contribution in [2.45, 2.75) is 13.1 Å². The van der Waals surface area contributed by atoms with E-state index in [-0.39, 0.29) is 5.91 Å². The molecule has 1 aliphatic rings. The Balaban J connectivity index is 1.14. The lowest BCUT2D eigenvalue weighted by Gasteiger charge is -2.34. The quantitative estimate of drug-likeness (QED) is 0.387. The number of hydrogen-bond donors (Lipinski definition) is 1. The Bertz CT molecular complexity index is 1430. The molecule has 3 aromatic heterocycles. The number of hydrogen-bond acceptors (Lipinski definition) is 5. The third-order valence-corrected chi connectivity index (χ3v) is 7.43. The van der Waals surface area contributed by atoms with Gasteiger partial charge in [-0.15, -0.1) is 11.3 Å². The van der Waals surface area contributed by atoms with Gasteiger partial charge in [0.1, 0.15) is 5.82 Å². The number of nitrogens with one attached hydrogen (secondary N) is 1. The first-order valence-corrected chi connectivity index (χ1v) is 12.7. The van der Waals surface area contributed by atoms with Gasteiger partial charge in [0, 0.05) is 32.7 Å². The Morgan fingerprint density at radius 3 is 2.51 bits per heavy atom. The SMILES string of the molecule is O=C(c1cc(-c2cccs2)[nH]n1)N1CCN(Cc2nc3ccccc3n2Cc2ccccc2)CC1. The van der Waals surface area contributed by atoms with Gasteiger partial charge >= 0.3 is 0 Å². The zero-order chi connectivity index (χ0) is 23.6. The van der Waals surface area contributed by atoms with Gasteiger partial charge in [-0.1, -0.05) is 48.5 Å². The number of nitrogens with zero attached hydrogens (tertiary/aromatic N) is 5. The molecule has 35 heavy (non-hydrogen) atoms. The lowest BCUT2D eigenvalue weighted by molar-refractivity contribution is 0.0618. The summed E-state index contributed by atoms with van der Waals surface area (Å²) in [5.41, 5.74) is 4.80. The number of benzene rings is 2. The number of aromatic nitrogens is 4. The monoisotopic (exact) mass is 482 g/mol. The summed E-state index contributed by atoms with van der Waals surface area (Å²) in [6.45, 7) is 4.53. The molecule has 1 saturated heterocycles. The van der Waals surface area contributed by atoms with Gasteiger partial charge in [-0.25, -0.2) is 4.98 Å². The Morgan fingerprint density at radius 1 is 0.914 bits per heavy atom. The molecule has 0 spiro atoms. The highest BCUT2D eigenvalue weighted by Gasteiger charge is 2.25. The fourth-order valence-corrected chi connectivity index (χ4v) is 5.34. The van der Waals surface area contributed by atoms with Gasteiger partial charge in [-0.2, -0.15) is 5.10 Å². The molecular weight excluding hydrogens is 456 g/mol. The van der Waals surface area contributed by atoms with Crippen molar-refractivity contribution >= 4 is 28.3 Å². The summed E-state index contributed by atoms with van der Waals surface area (Å²) in [7, 11) is 0. The highest BCUT2D eigenvalue weighted by molar-refractivity contribution is 7.13. The number of imidazole rings is 1. The molecular formula is C27H26N6OS. The normalized spacial score (nSPS) is 14.6. The summed E-state index contributed by atoms with van der Waals surface area (Å²) in [5, 5.41) is 9.29. The molecule has 0 radical (unpaired) electrons. The van der Waals surface area contributed by atoms with Crippen LogP contribution in [0.5, 0.6) is 0 Å². The highest BCUT2D eigenvalue weighted by atomic mass is 32.1. The van der Waals surface area contributed by atoms with Gasteiger partial charge < -0.3 is 9.47 Å². The Labute approximate surface area is 207 Å². The number of piperazine rings is 1. The number of thiophene rings is 1. The molecule has 0 saturated carbocycles. The van der Waals surface area contributed by atoms with Crippen LogP contribution in [-0.4, -0.2) is 61.6 Å². The first-order valence-electron chi connectivity index (χ1n) is 11.8. The average molecular weight is 483 g/mol. The maximum absolute atomic E-state index is 13.0. The van der Waals surface area contributed by atoms with E-state index < -0.39 is 0 Å². The molecule has 0 unspecified atom stereocenters. The lowest BCUT2D eigenvalue weighted by Crippen LogP contribution is -2.48. The van der Waals surface area contributed by atoms with Crippen molar-refractivity contribution in [2.75, 3.05) is 26.2 Å². The van der Waals surface area contributed by atoms with Crippen LogP contribution in [0.15, 0.2) is 78.2 Å². The molecule has 0 bridgehead atoms. The first-order chi connectivity index (χ1) is 17.2. The van der Waals surface area contributed by atoms with Crippen molar-refractivity contribution in [3.05, 3.63) is 95.3 Å². The van der Waals surface area contributed by atoms with Crippen molar-refractivity contribution in [1.82, 2.24) is 29.5 Å². The van der Waals surface area contributed by atoms with E-state index in [4.69, 9.17) is 4.98 Å². The molecule has 1 aliphatic heterocycles. The van der Waals surface area contributed by atoms with Crippen molar-refractivity contribution in [3.8, 4) is 10.6 Å². The van der Waals surface area contributed by atoms with E-state index in [2.05, 4.69) is 62.1 Å². The molecule has 176 valence electrons. The Hall–Kier alpha value is -3.75. The first kappa shape index (κ1) is 21.8. The number of carbonyl (C=O) groups excluding carboxylic acids is 1. The summed E-state index contributed by atoms with van der Waals surface area (Å²) in [5.74, 6) is 1.04. The molecule has 2 aromatic carbocycles. The van der Waals surface area contributed by atoms with Crippen LogP contribution in [0.1, 0.15) is 21.9 Å². The third-order valence-electron chi connectivity index (χ3n) is 6.53. The lowest BCUT2D eigenvalue weighted by atomic mass is 10.2. The molecule has 8 heteroatoms. The van der Waals surface area contributed by atoms with Crippen LogP contribution in [0.25, 0.3) is 21.6 Å². The summed E-state index contributed by atoms with van der Waals surface area (Å²) >= 11 is 1.63. The fourth-order valence-electron chi connectivity index (χ4n) is 4.65. The summed E-state index contributed by atoms with van der Waals surface area (Å²) in [4.78, 5) is 23.4. The Kier molecular flexibility index (Phi) is 5.89. The number of para-hydroxylation sites is 2. The molecule has 1 fully saturated rings. The second kappa shape index (κ2) is 9.48. The predicted octanol–water partition coefficient (Wildman–Crippen LogP) is 4.49. The fraction of sp³-hybridized carbons (Fsp3) is 0.222. The largest absolute Gasteiger partial charge is 0.335 e. The van der Waals surface area contributed by atoms with Crippen molar-refractivity contribution in [1.29, 1.82) is 0 Å². The van der Waals surface area contributed by atoms with Crippen LogP contribution < -0.4 is 0 Å². The van der Waals surface area contributed by atoms with E-state index in [1.807, 2.05) is 40.6 Å². The molecule has 6 rings (SSSR count). The molecule has 1 N–H and O–H groups in total. The van der Waals surface area contributed by atoms with Crippen LogP contribution in [0.3, 0.4) is 0 Å². The number of H-pyrrole nitrogens is 1. The average Bonchev–Trinajstić information content (AvgIpc) is 3.66.